The Morgan fingerprint density at radius 3 is 2.23 bits per heavy atom. The summed E-state index contributed by atoms with van der Waals surface area (Å²) >= 11 is 0.935. The van der Waals surface area contributed by atoms with Gasteiger partial charge in [0.05, 0.1) is 46.2 Å². The average molecular weight is 705 g/mol. The summed E-state index contributed by atoms with van der Waals surface area (Å²) in [6.45, 7) is 8.06. The van der Waals surface area contributed by atoms with Crippen LogP contribution in [0.2, 0.25) is 0 Å². The number of allylic oxidation sites excluding steroid dienone is 8. The fourth-order valence-corrected chi connectivity index (χ4v) is 7.14. The highest BCUT2D eigenvalue weighted by molar-refractivity contribution is 7.94. The Labute approximate surface area is 280 Å². The lowest BCUT2D eigenvalue weighted by Crippen LogP contribution is -2.30. The van der Waals surface area contributed by atoms with Gasteiger partial charge in [-0.05, 0) is 55.8 Å². The molecule has 0 bridgehead atoms. The third-order valence-corrected chi connectivity index (χ3v) is 10.2. The number of nitrogens with two attached hydrogens (primary N) is 1. The summed E-state index contributed by atoms with van der Waals surface area (Å²) in [4.78, 5) is 6.77. The van der Waals surface area contributed by atoms with E-state index in [1.54, 1.807) is 19.2 Å². The number of hydrogen-bond donors (Lipinski definition) is 1. The van der Waals surface area contributed by atoms with E-state index in [2.05, 4.69) is 4.99 Å². The second-order valence-electron chi connectivity index (χ2n) is 12.0. The Morgan fingerprint density at radius 1 is 0.894 bits per heavy atom. The zero-order valence-corrected chi connectivity index (χ0v) is 29.2. The maximum atomic E-state index is 11.5. The molecule has 2 heterocycles. The molecular weight excluding hydrogens is 667 g/mol. The average Bonchev–Trinajstić information content (AvgIpc) is 3.34. The normalized spacial score (nSPS) is 18.3. The molecule has 0 aliphatic carbocycles. The molecule has 2 aromatic carbocycles. The number of nitrogens with zero attached hydrogens (tertiary/aromatic N) is 2. The molecule has 0 saturated carbocycles. The van der Waals surface area contributed by atoms with Crippen LogP contribution >= 0.6 is 12.0 Å². The van der Waals surface area contributed by atoms with Crippen molar-refractivity contribution in [3.63, 3.8) is 0 Å². The lowest BCUT2D eigenvalue weighted by atomic mass is 9.81. The molecule has 2 aromatic rings. The van der Waals surface area contributed by atoms with Crippen LogP contribution in [0.25, 0.3) is 0 Å². The minimum Gasteiger partial charge on any atom is -0.748 e. The molecule has 0 aromatic heterocycles. The van der Waals surface area contributed by atoms with Crippen LogP contribution < -0.4 is 15.5 Å². The molecule has 0 saturated heterocycles. The molecule has 0 spiro atoms. The standard InChI is InChI=1S/C32H39N3O9S3/c1-31(2)25-21-23(42-5)13-15-27(25)34(17-19-46(36,37)38)29(31)11-9-7-6-8-10-12-30-32(3,4)26-22-24(45-44-43-33)14-16-28(26)35(30)18-20-47(39,40)41/h6-16,21-22H,17-20,33H2,1-5H3,(H-,36,37,38,39,40,41)/p-1. The van der Waals surface area contributed by atoms with Crippen molar-refractivity contribution in [3.8, 4) is 5.75 Å². The maximum absolute atomic E-state index is 11.5. The number of ether oxygens (including phenoxy) is 1. The minimum atomic E-state index is -4.45. The van der Waals surface area contributed by atoms with Gasteiger partial charge in [0.2, 0.25) is 5.69 Å². The molecule has 0 amide bonds. The third kappa shape index (κ3) is 8.61. The summed E-state index contributed by atoms with van der Waals surface area (Å²) in [7, 11) is -7.29. The van der Waals surface area contributed by atoms with E-state index in [0.717, 1.165) is 50.8 Å². The van der Waals surface area contributed by atoms with Gasteiger partial charge in [-0.25, -0.2) is 16.8 Å². The quantitative estimate of drug-likeness (QED) is 0.0737. The van der Waals surface area contributed by atoms with Crippen LogP contribution in [-0.4, -0.2) is 67.9 Å². The van der Waals surface area contributed by atoms with Crippen LogP contribution in [0.15, 0.2) is 89.5 Å². The van der Waals surface area contributed by atoms with Crippen LogP contribution in [-0.2, 0) is 40.4 Å². The molecule has 0 atom stereocenters. The van der Waals surface area contributed by atoms with E-state index in [-0.39, 0.29) is 13.1 Å². The Bertz CT molecular complexity index is 1880. The second-order valence-corrected chi connectivity index (χ2v) is 15.8. The summed E-state index contributed by atoms with van der Waals surface area (Å²) < 4.78 is 80.9. The summed E-state index contributed by atoms with van der Waals surface area (Å²) in [5.74, 6) is 4.55. The fraction of sp³-hybridized carbons (Fsp3) is 0.344. The number of fused-ring (bicyclic) bond motifs is 2. The van der Waals surface area contributed by atoms with Gasteiger partial charge in [0, 0.05) is 45.9 Å². The first kappa shape index (κ1) is 36.6. The molecule has 47 heavy (non-hydrogen) atoms. The Morgan fingerprint density at radius 2 is 1.57 bits per heavy atom. The van der Waals surface area contributed by atoms with Gasteiger partial charge in [0.25, 0.3) is 0 Å². The summed E-state index contributed by atoms with van der Waals surface area (Å²) in [5.41, 5.74) is 4.05. The Balaban J connectivity index is 1.59. The van der Waals surface area contributed by atoms with Crippen LogP contribution in [0.5, 0.6) is 5.75 Å². The fourth-order valence-electron chi connectivity index (χ4n) is 5.92. The van der Waals surface area contributed by atoms with E-state index in [9.17, 15) is 25.9 Å². The zero-order valence-electron chi connectivity index (χ0n) is 26.7. The lowest BCUT2D eigenvalue weighted by molar-refractivity contribution is -0.432. The highest BCUT2D eigenvalue weighted by atomic mass is 32.2. The molecule has 15 heteroatoms. The Kier molecular flexibility index (Phi) is 11.2. The lowest BCUT2D eigenvalue weighted by Gasteiger charge is -2.27. The Hall–Kier alpha value is -3.28. The van der Waals surface area contributed by atoms with E-state index >= 15 is 0 Å². The van der Waals surface area contributed by atoms with Crippen LogP contribution in [0.1, 0.15) is 38.8 Å². The van der Waals surface area contributed by atoms with E-state index in [4.69, 9.17) is 15.0 Å². The van der Waals surface area contributed by atoms with E-state index < -0.39 is 42.6 Å². The highest BCUT2D eigenvalue weighted by Crippen LogP contribution is 2.49. The summed E-state index contributed by atoms with van der Waals surface area (Å²) in [5, 5.41) is 0. The predicted octanol–water partition coefficient (Wildman–Crippen LogP) is 4.34. The van der Waals surface area contributed by atoms with Crippen molar-refractivity contribution in [2.45, 2.75) is 43.4 Å². The molecule has 2 aliphatic heterocycles. The van der Waals surface area contributed by atoms with Crippen molar-refractivity contribution in [1.29, 1.82) is 0 Å². The number of methoxy groups -OCH3 is 1. The van der Waals surface area contributed by atoms with Crippen LogP contribution in [0, 0.1) is 0 Å². The van der Waals surface area contributed by atoms with Crippen molar-refractivity contribution >= 4 is 49.4 Å². The number of anilines is 1. The molecule has 2 N–H and O–H groups in total. The van der Waals surface area contributed by atoms with Gasteiger partial charge in [-0.2, -0.15) is 10.5 Å². The van der Waals surface area contributed by atoms with Crippen LogP contribution in [0.4, 0.5) is 11.4 Å². The van der Waals surface area contributed by atoms with Gasteiger partial charge in [0.1, 0.15) is 15.9 Å². The van der Waals surface area contributed by atoms with Crippen molar-refractivity contribution in [1.82, 2.24) is 0 Å². The molecular formula is C32H38N3O9S3-. The first-order chi connectivity index (χ1) is 22.0. The monoisotopic (exact) mass is 704 g/mol. The van der Waals surface area contributed by atoms with Gasteiger partial charge >= 0.3 is 0 Å². The SMILES string of the molecule is COc1ccc2c(c1)C(C)(C)\C(=C/C=C/C=C/C=C/C1=[N+](CCS(=O)(=O)[O-])c3ccc(SOON)cc3C1(C)C)N2CCS(=O)(=O)[O-]. The predicted molar refractivity (Wildman–Crippen MR) is 179 cm³/mol. The molecule has 2 aliphatic rings. The molecule has 0 fully saturated rings. The number of rotatable bonds is 14. The van der Waals surface area contributed by atoms with E-state index in [1.807, 2.05) is 104 Å². The minimum absolute atomic E-state index is 0.0117. The third-order valence-electron chi connectivity index (χ3n) is 8.21. The van der Waals surface area contributed by atoms with Crippen LogP contribution in [0.3, 0.4) is 0 Å². The second kappa shape index (κ2) is 14.5. The molecule has 4 rings (SSSR count). The molecule has 0 radical (unpaired) electrons. The van der Waals surface area contributed by atoms with Gasteiger partial charge < -0.3 is 18.7 Å². The number of benzene rings is 2. The van der Waals surface area contributed by atoms with Gasteiger partial charge in [0.15, 0.2) is 12.3 Å². The maximum Gasteiger partial charge on any atom is 0.209 e. The van der Waals surface area contributed by atoms with E-state index in [1.165, 1.54) is 0 Å². The smallest absolute Gasteiger partial charge is 0.209 e. The van der Waals surface area contributed by atoms with Gasteiger partial charge in [-0.3, -0.25) is 0 Å². The number of hydrogen-bond acceptors (Lipinski definition) is 12. The summed E-state index contributed by atoms with van der Waals surface area (Å²) in [6, 6.07) is 11.1. The van der Waals surface area contributed by atoms with Crippen molar-refractivity contribution in [2.24, 2.45) is 5.90 Å². The molecule has 254 valence electrons. The topological polar surface area (TPSA) is 174 Å². The largest absolute Gasteiger partial charge is 0.748 e. The molecule has 12 nitrogen and oxygen atoms in total. The zero-order chi connectivity index (χ0) is 34.6. The van der Waals surface area contributed by atoms with Crippen molar-refractivity contribution in [2.75, 3.05) is 36.6 Å². The molecule has 0 unspecified atom stereocenters. The van der Waals surface area contributed by atoms with Crippen molar-refractivity contribution < 1.29 is 44.6 Å². The van der Waals surface area contributed by atoms with Gasteiger partial charge in [-0.1, -0.05) is 44.2 Å². The van der Waals surface area contributed by atoms with Gasteiger partial charge in [-0.15, -0.1) is 9.32 Å². The first-order valence-electron chi connectivity index (χ1n) is 14.5. The van der Waals surface area contributed by atoms with E-state index in [0.29, 0.717) is 5.75 Å². The summed E-state index contributed by atoms with van der Waals surface area (Å²) in [6.07, 6.45) is 12.9. The highest BCUT2D eigenvalue weighted by Gasteiger charge is 2.44. The van der Waals surface area contributed by atoms with Crippen molar-refractivity contribution in [3.05, 3.63) is 95.8 Å². The first-order valence-corrected chi connectivity index (χ1v) is 18.4.